The van der Waals surface area contributed by atoms with E-state index in [0.717, 1.165) is 0 Å². The van der Waals surface area contributed by atoms with Crippen molar-refractivity contribution < 1.29 is 82.5 Å². The number of hydrogen-bond donors (Lipinski definition) is 5. The second kappa shape index (κ2) is 19.7. The molecule has 2 fully saturated rings. The number of ether oxygens (including phenoxy) is 9. The van der Waals surface area contributed by atoms with E-state index in [-0.39, 0.29) is 47.4 Å². The number of aliphatic hydroxyl groups excluding tert-OH is 5. The van der Waals surface area contributed by atoms with Gasteiger partial charge in [0.15, 0.2) is 35.6 Å². The predicted molar refractivity (Wildman–Crippen MR) is 207 cm³/mol. The van der Waals surface area contributed by atoms with Gasteiger partial charge in [-0.15, -0.1) is 0 Å². The average Bonchev–Trinajstić information content (AvgIpc) is 3.48. The van der Waals surface area contributed by atoms with Gasteiger partial charge >= 0.3 is 17.9 Å². The van der Waals surface area contributed by atoms with Crippen LogP contribution >= 0.6 is 69.6 Å². The predicted octanol–water partition coefficient (Wildman–Crippen LogP) is 4.14. The largest absolute Gasteiger partial charge is 0.494 e. The van der Waals surface area contributed by atoms with Gasteiger partial charge in [0.1, 0.15) is 47.7 Å². The minimum Gasteiger partial charge on any atom is -0.494 e. The standard InChI is InChI=1S/C36H34Cl6O17/c1-51-26-16(40)7-4-13(37)21(26)32(48)55-29-24(46)19(10-43)54-35(30(29)56-33(49)22-14(38)5-8-17(41)27(22)52-2)59-36(12-45)31(25(47)20(11-44)58-36)57-34(50)23-15(39)6-9-18(42)28(23)53-3/h4-9,19-20,24-25,29-31,35,43-47H,10-12H2,1-3H3/t19-,20-,24-,25-,29+,30-,31+,35-,36+/m1/s1. The Labute approximate surface area is 364 Å². The number of carbonyl (C=O) groups excluding carboxylic acids is 3. The average molecular weight is 951 g/mol. The number of benzene rings is 3. The highest BCUT2D eigenvalue weighted by atomic mass is 35.5. The number of rotatable bonds is 14. The molecule has 0 unspecified atom stereocenters. The van der Waals surface area contributed by atoms with Crippen molar-refractivity contribution in [1.29, 1.82) is 0 Å². The van der Waals surface area contributed by atoms with Gasteiger partial charge in [0.25, 0.3) is 0 Å². The number of aliphatic hydroxyl groups is 5. The van der Waals surface area contributed by atoms with Crippen LogP contribution in [0.4, 0.5) is 0 Å². The molecular formula is C36H34Cl6O17. The highest BCUT2D eigenvalue weighted by molar-refractivity contribution is 6.38. The van der Waals surface area contributed by atoms with E-state index in [2.05, 4.69) is 0 Å². The summed E-state index contributed by atoms with van der Waals surface area (Å²) in [4.78, 5) is 41.7. The molecule has 23 heteroatoms. The summed E-state index contributed by atoms with van der Waals surface area (Å²) in [5.74, 6) is -7.43. The quantitative estimate of drug-likeness (QED) is 0.113. The van der Waals surface area contributed by atoms with E-state index >= 15 is 0 Å². The van der Waals surface area contributed by atoms with E-state index in [1.807, 2.05) is 0 Å². The zero-order valence-electron chi connectivity index (χ0n) is 30.6. The molecule has 2 saturated heterocycles. The van der Waals surface area contributed by atoms with E-state index in [1.165, 1.54) is 57.7 Å². The van der Waals surface area contributed by atoms with Crippen molar-refractivity contribution in [3.05, 3.63) is 83.2 Å². The summed E-state index contributed by atoms with van der Waals surface area (Å²) in [6, 6.07) is 7.70. The van der Waals surface area contributed by atoms with Crippen LogP contribution in [0.25, 0.3) is 0 Å². The van der Waals surface area contributed by atoms with Crippen LogP contribution in [-0.2, 0) is 28.4 Å². The van der Waals surface area contributed by atoms with Crippen molar-refractivity contribution >= 4 is 87.5 Å². The van der Waals surface area contributed by atoms with Crippen LogP contribution in [0.5, 0.6) is 17.2 Å². The van der Waals surface area contributed by atoms with Crippen molar-refractivity contribution in [2.24, 2.45) is 0 Å². The monoisotopic (exact) mass is 948 g/mol. The summed E-state index contributed by atoms with van der Waals surface area (Å²) in [5.41, 5.74) is -1.33. The number of hydrogen-bond acceptors (Lipinski definition) is 17. The van der Waals surface area contributed by atoms with Crippen LogP contribution in [0.1, 0.15) is 31.1 Å². The van der Waals surface area contributed by atoms with Gasteiger partial charge in [0.2, 0.25) is 12.1 Å². The molecular weight excluding hydrogens is 917 g/mol. The number of esters is 3. The number of halogens is 6. The van der Waals surface area contributed by atoms with E-state index in [1.54, 1.807) is 0 Å². The van der Waals surface area contributed by atoms with Crippen molar-refractivity contribution in [2.75, 3.05) is 41.2 Å². The zero-order chi connectivity index (χ0) is 43.5. The van der Waals surface area contributed by atoms with E-state index < -0.39 is 109 Å². The molecule has 59 heavy (non-hydrogen) atoms. The van der Waals surface area contributed by atoms with Gasteiger partial charge in [-0.2, -0.15) is 0 Å². The first kappa shape index (κ1) is 46.9. The molecule has 5 N–H and O–H groups in total. The second-order valence-corrected chi connectivity index (χ2v) is 15.0. The molecule has 0 radical (unpaired) electrons. The molecule has 2 heterocycles. The molecule has 0 saturated carbocycles. The summed E-state index contributed by atoms with van der Waals surface area (Å²) >= 11 is 37.7. The smallest absolute Gasteiger partial charge is 0.344 e. The Morgan fingerprint density at radius 3 is 1.37 bits per heavy atom. The van der Waals surface area contributed by atoms with Gasteiger partial charge in [-0.3, -0.25) is 0 Å². The van der Waals surface area contributed by atoms with Crippen molar-refractivity contribution in [3.8, 4) is 17.2 Å². The summed E-state index contributed by atoms with van der Waals surface area (Å²) in [6.07, 6.45) is -15.9. The summed E-state index contributed by atoms with van der Waals surface area (Å²) in [7, 11) is 3.54. The van der Waals surface area contributed by atoms with Crippen LogP contribution in [0.15, 0.2) is 36.4 Å². The van der Waals surface area contributed by atoms with Gasteiger partial charge in [0.05, 0.1) is 64.7 Å². The Morgan fingerprint density at radius 2 is 0.983 bits per heavy atom. The molecule has 5 rings (SSSR count). The third-order valence-corrected chi connectivity index (χ3v) is 10.9. The maximum atomic E-state index is 14.0. The van der Waals surface area contributed by atoms with Crippen LogP contribution in [0, 0.1) is 0 Å². The third-order valence-electron chi connectivity index (χ3n) is 9.11. The lowest BCUT2D eigenvalue weighted by atomic mass is 9.97. The third kappa shape index (κ3) is 9.24. The molecule has 3 aromatic rings. The first-order chi connectivity index (χ1) is 28.0. The van der Waals surface area contributed by atoms with Crippen LogP contribution < -0.4 is 14.2 Å². The molecule has 0 aliphatic carbocycles. The lowest BCUT2D eigenvalue weighted by Gasteiger charge is -2.45. The fourth-order valence-electron chi connectivity index (χ4n) is 6.31. The fraction of sp³-hybridized carbons (Fsp3) is 0.417. The summed E-state index contributed by atoms with van der Waals surface area (Å²) in [6.45, 7) is -3.26. The first-order valence-corrected chi connectivity index (χ1v) is 19.2. The Balaban J connectivity index is 1.63. The number of methoxy groups -OCH3 is 3. The molecule has 0 aromatic heterocycles. The van der Waals surface area contributed by atoms with Gasteiger partial charge in [-0.1, -0.05) is 69.6 Å². The molecule has 0 amide bonds. The minimum absolute atomic E-state index is 0.0625. The molecule has 322 valence electrons. The summed E-state index contributed by atoms with van der Waals surface area (Å²) in [5, 5.41) is 53.3. The zero-order valence-corrected chi connectivity index (χ0v) is 35.1. The summed E-state index contributed by atoms with van der Waals surface area (Å²) < 4.78 is 50.6. The molecule has 0 spiro atoms. The van der Waals surface area contributed by atoms with Crippen LogP contribution in [0.2, 0.25) is 30.1 Å². The SMILES string of the molecule is COc1c(Cl)ccc(Cl)c1C(=O)O[C@H]1[C@@H](O[C@]2(CO)O[C@H](CO)[C@@H](O)[C@@H]2OC(=O)c2c(Cl)ccc(Cl)c2OC)O[C@H](CO)[C@@H](O)[C@@H]1OC(=O)c1c(Cl)ccc(Cl)c1OC. The molecule has 0 bridgehead atoms. The minimum atomic E-state index is -2.75. The number of carbonyl (C=O) groups is 3. The van der Waals surface area contributed by atoms with Gasteiger partial charge in [-0.25, -0.2) is 14.4 Å². The van der Waals surface area contributed by atoms with Gasteiger partial charge in [-0.05, 0) is 36.4 Å². The maximum absolute atomic E-state index is 14.0. The highest BCUT2D eigenvalue weighted by Gasteiger charge is 2.62. The molecule has 17 nitrogen and oxygen atoms in total. The Bertz CT molecular complexity index is 2060. The maximum Gasteiger partial charge on any atom is 0.344 e. The van der Waals surface area contributed by atoms with E-state index in [4.69, 9.17) is 112 Å². The second-order valence-electron chi connectivity index (χ2n) is 12.5. The van der Waals surface area contributed by atoms with E-state index in [9.17, 15) is 39.9 Å². The Morgan fingerprint density at radius 1 is 0.593 bits per heavy atom. The van der Waals surface area contributed by atoms with Crippen molar-refractivity contribution in [3.63, 3.8) is 0 Å². The lowest BCUT2D eigenvalue weighted by molar-refractivity contribution is -0.381. The Kier molecular flexibility index (Phi) is 15.7. The van der Waals surface area contributed by atoms with Crippen molar-refractivity contribution in [1.82, 2.24) is 0 Å². The van der Waals surface area contributed by atoms with Gasteiger partial charge < -0.3 is 68.2 Å². The molecule has 3 aromatic carbocycles. The topological polar surface area (TPSA) is 235 Å². The van der Waals surface area contributed by atoms with E-state index in [0.29, 0.717) is 0 Å². The highest BCUT2D eigenvalue weighted by Crippen LogP contribution is 2.43. The lowest BCUT2D eigenvalue weighted by Crippen LogP contribution is -2.64. The molecule has 9 atom stereocenters. The van der Waals surface area contributed by atoms with Gasteiger partial charge in [0, 0.05) is 0 Å². The molecule has 2 aliphatic heterocycles. The van der Waals surface area contributed by atoms with Crippen LogP contribution in [-0.4, -0.2) is 139 Å². The fourth-order valence-corrected chi connectivity index (χ4v) is 7.70. The molecule has 2 aliphatic rings. The van der Waals surface area contributed by atoms with Crippen molar-refractivity contribution in [2.45, 2.75) is 54.8 Å². The first-order valence-electron chi connectivity index (χ1n) is 16.9. The van der Waals surface area contributed by atoms with Crippen LogP contribution in [0.3, 0.4) is 0 Å². The normalized spacial score (nSPS) is 26.5. The Hall–Kier alpha value is -3.11.